The predicted molar refractivity (Wildman–Crippen MR) is 75.0 cm³/mol. The van der Waals surface area contributed by atoms with E-state index in [-0.39, 0.29) is 5.91 Å². The molecule has 0 fully saturated rings. The van der Waals surface area contributed by atoms with Gasteiger partial charge in [0.15, 0.2) is 0 Å². The van der Waals surface area contributed by atoms with E-state index in [9.17, 15) is 9.59 Å². The lowest BCUT2D eigenvalue weighted by atomic mass is 10.1. The van der Waals surface area contributed by atoms with Gasteiger partial charge in [-0.3, -0.25) is 14.6 Å². The molecule has 6 heteroatoms. The lowest BCUT2D eigenvalue weighted by Gasteiger charge is -2.26. The van der Waals surface area contributed by atoms with Gasteiger partial charge >= 0.3 is 5.97 Å². The molecule has 20 heavy (non-hydrogen) atoms. The molecule has 0 aliphatic rings. The Kier molecular flexibility index (Phi) is 6.11. The average molecular weight is 279 g/mol. The standard InChI is InChI=1S/C14H21N3O3/c1-11(14(19)20)13(18)17(8-7-16(2)3)10-12-5-4-6-15-9-12/h4-6,9,11H,7-8,10H2,1-3H3,(H,19,20). The predicted octanol–water partition coefficient (Wildman–Crippen LogP) is 0.693. The summed E-state index contributed by atoms with van der Waals surface area (Å²) < 4.78 is 0. The van der Waals surface area contributed by atoms with Gasteiger partial charge in [-0.05, 0) is 32.6 Å². The summed E-state index contributed by atoms with van der Waals surface area (Å²) in [4.78, 5) is 30.7. The van der Waals surface area contributed by atoms with Crippen LogP contribution in [0.2, 0.25) is 0 Å². The fourth-order valence-electron chi connectivity index (χ4n) is 1.68. The van der Waals surface area contributed by atoms with E-state index in [4.69, 9.17) is 5.11 Å². The molecular weight excluding hydrogens is 258 g/mol. The molecule has 0 aliphatic carbocycles. The van der Waals surface area contributed by atoms with Crippen LogP contribution in [0.15, 0.2) is 24.5 Å². The summed E-state index contributed by atoms with van der Waals surface area (Å²) in [6, 6.07) is 3.67. The van der Waals surface area contributed by atoms with Crippen molar-refractivity contribution >= 4 is 11.9 Å². The van der Waals surface area contributed by atoms with E-state index in [0.717, 1.165) is 5.56 Å². The number of carbonyl (C=O) groups excluding carboxylic acids is 1. The highest BCUT2D eigenvalue weighted by Gasteiger charge is 2.26. The van der Waals surface area contributed by atoms with Crippen LogP contribution in [0.1, 0.15) is 12.5 Å². The Morgan fingerprint density at radius 2 is 2.05 bits per heavy atom. The van der Waals surface area contributed by atoms with Crippen LogP contribution in [0.4, 0.5) is 0 Å². The number of aliphatic carboxylic acids is 1. The van der Waals surface area contributed by atoms with E-state index in [1.165, 1.54) is 6.92 Å². The van der Waals surface area contributed by atoms with E-state index >= 15 is 0 Å². The van der Waals surface area contributed by atoms with Crippen LogP contribution in [0.5, 0.6) is 0 Å². The molecule has 0 aromatic carbocycles. The molecule has 1 atom stereocenters. The molecule has 0 spiro atoms. The van der Waals surface area contributed by atoms with Crippen molar-refractivity contribution in [1.82, 2.24) is 14.8 Å². The zero-order valence-electron chi connectivity index (χ0n) is 12.1. The summed E-state index contributed by atoms with van der Waals surface area (Å²) in [6.07, 6.45) is 3.34. The third kappa shape index (κ3) is 4.97. The molecule has 1 aromatic heterocycles. The molecule has 0 saturated carbocycles. The lowest BCUT2D eigenvalue weighted by molar-refractivity contribution is -0.150. The number of hydrogen-bond acceptors (Lipinski definition) is 4. The second-order valence-corrected chi connectivity index (χ2v) is 4.98. The molecule has 1 aromatic rings. The Balaban J connectivity index is 2.79. The van der Waals surface area contributed by atoms with Crippen molar-refractivity contribution in [3.8, 4) is 0 Å². The zero-order chi connectivity index (χ0) is 15.1. The zero-order valence-corrected chi connectivity index (χ0v) is 12.1. The number of likely N-dealkylation sites (N-methyl/N-ethyl adjacent to an activating group) is 1. The number of amides is 1. The number of hydrogen-bond donors (Lipinski definition) is 1. The first-order chi connectivity index (χ1) is 9.41. The molecule has 0 radical (unpaired) electrons. The Labute approximate surface area is 119 Å². The second kappa shape index (κ2) is 7.59. The first-order valence-electron chi connectivity index (χ1n) is 6.47. The monoisotopic (exact) mass is 279 g/mol. The highest BCUT2D eigenvalue weighted by molar-refractivity contribution is 5.96. The summed E-state index contributed by atoms with van der Waals surface area (Å²) in [7, 11) is 3.82. The second-order valence-electron chi connectivity index (χ2n) is 4.98. The number of carboxylic acid groups (broad SMARTS) is 1. The minimum absolute atomic E-state index is 0.372. The smallest absolute Gasteiger partial charge is 0.315 e. The SMILES string of the molecule is CC(C(=O)O)C(=O)N(CCN(C)C)Cc1cccnc1. The van der Waals surface area contributed by atoms with Crippen molar-refractivity contribution in [1.29, 1.82) is 0 Å². The average Bonchev–Trinajstić information content (AvgIpc) is 2.42. The summed E-state index contributed by atoms with van der Waals surface area (Å²) in [5.74, 6) is -2.51. The number of aromatic nitrogens is 1. The van der Waals surface area contributed by atoms with Crippen LogP contribution in [-0.4, -0.2) is 59.0 Å². The number of pyridine rings is 1. The van der Waals surface area contributed by atoms with E-state index in [0.29, 0.717) is 19.6 Å². The van der Waals surface area contributed by atoms with Crippen molar-refractivity contribution in [3.05, 3.63) is 30.1 Å². The van der Waals surface area contributed by atoms with Crippen LogP contribution in [0.3, 0.4) is 0 Å². The van der Waals surface area contributed by atoms with Crippen LogP contribution >= 0.6 is 0 Å². The maximum Gasteiger partial charge on any atom is 0.315 e. The van der Waals surface area contributed by atoms with Crippen molar-refractivity contribution in [2.75, 3.05) is 27.2 Å². The fourth-order valence-corrected chi connectivity index (χ4v) is 1.68. The third-order valence-corrected chi connectivity index (χ3v) is 2.97. The van der Waals surface area contributed by atoms with Gasteiger partial charge in [0, 0.05) is 32.0 Å². The fraction of sp³-hybridized carbons (Fsp3) is 0.500. The topological polar surface area (TPSA) is 73.7 Å². The first kappa shape index (κ1) is 16.1. The summed E-state index contributed by atoms with van der Waals surface area (Å²) in [5.41, 5.74) is 0.886. The molecule has 0 bridgehead atoms. The maximum atomic E-state index is 12.2. The van der Waals surface area contributed by atoms with Crippen LogP contribution < -0.4 is 0 Å². The highest BCUT2D eigenvalue weighted by Crippen LogP contribution is 2.08. The minimum atomic E-state index is -1.10. The van der Waals surface area contributed by atoms with Gasteiger partial charge in [0.1, 0.15) is 5.92 Å². The number of carbonyl (C=O) groups is 2. The summed E-state index contributed by atoms with van der Waals surface area (Å²) in [6.45, 7) is 2.95. The van der Waals surface area contributed by atoms with Crippen LogP contribution in [0.25, 0.3) is 0 Å². The summed E-state index contributed by atoms with van der Waals surface area (Å²) in [5, 5.41) is 8.97. The van der Waals surface area contributed by atoms with Crippen molar-refractivity contribution < 1.29 is 14.7 Å². The van der Waals surface area contributed by atoms with E-state index < -0.39 is 11.9 Å². The molecule has 1 heterocycles. The van der Waals surface area contributed by atoms with Crippen molar-refractivity contribution in [2.45, 2.75) is 13.5 Å². The Morgan fingerprint density at radius 3 is 2.55 bits per heavy atom. The minimum Gasteiger partial charge on any atom is -0.481 e. The van der Waals surface area contributed by atoms with Crippen LogP contribution in [-0.2, 0) is 16.1 Å². The first-order valence-corrected chi connectivity index (χ1v) is 6.47. The third-order valence-electron chi connectivity index (χ3n) is 2.97. The van der Waals surface area contributed by atoms with E-state index in [1.54, 1.807) is 23.4 Å². The lowest BCUT2D eigenvalue weighted by Crippen LogP contribution is -2.41. The Bertz CT molecular complexity index is 448. The van der Waals surface area contributed by atoms with Gasteiger partial charge in [-0.1, -0.05) is 6.07 Å². The number of nitrogens with zero attached hydrogens (tertiary/aromatic N) is 3. The molecule has 1 N–H and O–H groups in total. The molecular formula is C14H21N3O3. The number of rotatable bonds is 7. The molecule has 1 unspecified atom stereocenters. The molecule has 1 rings (SSSR count). The molecule has 1 amide bonds. The molecule has 110 valence electrons. The largest absolute Gasteiger partial charge is 0.481 e. The normalized spacial score (nSPS) is 12.2. The van der Waals surface area contributed by atoms with Gasteiger partial charge in [-0.2, -0.15) is 0 Å². The van der Waals surface area contributed by atoms with Gasteiger partial charge < -0.3 is 14.9 Å². The molecule has 6 nitrogen and oxygen atoms in total. The van der Waals surface area contributed by atoms with Gasteiger partial charge in [0.05, 0.1) is 0 Å². The quantitative estimate of drug-likeness (QED) is 0.743. The maximum absolute atomic E-state index is 12.2. The number of carboxylic acids is 1. The van der Waals surface area contributed by atoms with Crippen molar-refractivity contribution in [2.24, 2.45) is 5.92 Å². The van der Waals surface area contributed by atoms with Gasteiger partial charge in [0.2, 0.25) is 5.91 Å². The van der Waals surface area contributed by atoms with Gasteiger partial charge in [0.25, 0.3) is 0 Å². The van der Waals surface area contributed by atoms with Crippen LogP contribution in [0, 0.1) is 5.92 Å². The van der Waals surface area contributed by atoms with Crippen molar-refractivity contribution in [3.63, 3.8) is 0 Å². The highest BCUT2D eigenvalue weighted by atomic mass is 16.4. The van der Waals surface area contributed by atoms with Gasteiger partial charge in [-0.15, -0.1) is 0 Å². The Morgan fingerprint density at radius 1 is 1.35 bits per heavy atom. The Hall–Kier alpha value is -1.95. The summed E-state index contributed by atoms with van der Waals surface area (Å²) >= 11 is 0. The van der Waals surface area contributed by atoms with E-state index in [2.05, 4.69) is 4.98 Å². The molecule has 0 aliphatic heterocycles. The van der Waals surface area contributed by atoms with E-state index in [1.807, 2.05) is 25.1 Å². The molecule has 0 saturated heterocycles. The van der Waals surface area contributed by atoms with Gasteiger partial charge in [-0.25, -0.2) is 0 Å².